The highest BCUT2D eigenvalue weighted by atomic mass is 16.3. The quantitative estimate of drug-likeness (QED) is 0.176. The molecule has 2 heterocycles. The van der Waals surface area contributed by atoms with E-state index in [9.17, 15) is 0 Å². The third kappa shape index (κ3) is 4.68. The summed E-state index contributed by atoms with van der Waals surface area (Å²) in [6.07, 6.45) is 0. The molecule has 58 heavy (non-hydrogen) atoms. The van der Waals surface area contributed by atoms with Crippen molar-refractivity contribution in [2.24, 2.45) is 0 Å². The Morgan fingerprint density at radius 3 is 1.90 bits per heavy atom. The third-order valence-electron chi connectivity index (χ3n) is 12.5. The standard InChI is InChI=1S/C55H37NO2/c1-55(2)45-22-8-5-16-39(45)42-21-11-19-37(53(42)55)35-28-31-36(32-29-35)56(47-24-13-27-50-52(47)43-18-7-10-25-48(43)57-50)46-23-9-6-17-40(46)41-20-12-26-49-51(41)44-33-30-34-14-3-4-15-38(34)54(44)58-49/h3-33H,1-2H3. The minimum Gasteiger partial charge on any atom is -0.456 e. The molecule has 1 aliphatic carbocycles. The van der Waals surface area contributed by atoms with Crippen molar-refractivity contribution in [1.82, 2.24) is 0 Å². The number of para-hydroxylation sites is 2. The zero-order chi connectivity index (χ0) is 38.5. The Morgan fingerprint density at radius 1 is 0.397 bits per heavy atom. The van der Waals surface area contributed by atoms with Gasteiger partial charge in [0.1, 0.15) is 22.3 Å². The van der Waals surface area contributed by atoms with E-state index < -0.39 is 0 Å². The summed E-state index contributed by atoms with van der Waals surface area (Å²) in [5, 5.41) is 6.67. The number of rotatable bonds is 5. The highest BCUT2D eigenvalue weighted by Crippen LogP contribution is 2.53. The first kappa shape index (κ1) is 32.8. The lowest BCUT2D eigenvalue weighted by Crippen LogP contribution is -2.16. The Morgan fingerprint density at radius 2 is 1.02 bits per heavy atom. The van der Waals surface area contributed by atoms with E-state index in [0.717, 1.165) is 77.5 Å². The molecule has 2 aromatic heterocycles. The van der Waals surface area contributed by atoms with Gasteiger partial charge in [-0.15, -0.1) is 0 Å². The Bertz CT molecular complexity index is 3440. The molecule has 3 heteroatoms. The van der Waals surface area contributed by atoms with Gasteiger partial charge in [-0.2, -0.15) is 0 Å². The second-order valence-corrected chi connectivity index (χ2v) is 16.0. The van der Waals surface area contributed by atoms with Gasteiger partial charge in [0.05, 0.1) is 16.8 Å². The predicted octanol–water partition coefficient (Wildman–Crippen LogP) is 15.7. The molecule has 0 spiro atoms. The second-order valence-electron chi connectivity index (χ2n) is 16.0. The van der Waals surface area contributed by atoms with Crippen molar-refractivity contribution in [3.05, 3.63) is 199 Å². The average molecular weight is 744 g/mol. The molecule has 0 bridgehead atoms. The van der Waals surface area contributed by atoms with Gasteiger partial charge < -0.3 is 13.7 Å². The molecule has 0 saturated heterocycles. The summed E-state index contributed by atoms with van der Waals surface area (Å²) in [7, 11) is 0. The van der Waals surface area contributed by atoms with E-state index >= 15 is 0 Å². The van der Waals surface area contributed by atoms with E-state index in [1.807, 2.05) is 6.07 Å². The molecule has 0 atom stereocenters. The van der Waals surface area contributed by atoms with Crippen LogP contribution in [0, 0.1) is 0 Å². The summed E-state index contributed by atoms with van der Waals surface area (Å²) in [6.45, 7) is 4.71. The molecule has 0 unspecified atom stereocenters. The summed E-state index contributed by atoms with van der Waals surface area (Å²) in [4.78, 5) is 2.41. The fourth-order valence-corrected chi connectivity index (χ4v) is 9.90. The monoisotopic (exact) mass is 743 g/mol. The SMILES string of the molecule is CC1(C)c2ccccc2-c2cccc(-c3ccc(N(c4ccccc4-c4cccc5oc6c7ccccc7ccc6c45)c4cccc5oc6ccccc6c45)cc3)c21. The maximum Gasteiger partial charge on any atom is 0.143 e. The summed E-state index contributed by atoms with van der Waals surface area (Å²) >= 11 is 0. The molecule has 3 nitrogen and oxygen atoms in total. The molecule has 0 radical (unpaired) electrons. The summed E-state index contributed by atoms with van der Waals surface area (Å²) < 4.78 is 13.2. The highest BCUT2D eigenvalue weighted by Gasteiger charge is 2.37. The zero-order valence-corrected chi connectivity index (χ0v) is 32.2. The largest absolute Gasteiger partial charge is 0.456 e. The topological polar surface area (TPSA) is 29.5 Å². The van der Waals surface area contributed by atoms with Crippen LogP contribution >= 0.6 is 0 Å². The molecule has 9 aromatic carbocycles. The van der Waals surface area contributed by atoms with Crippen LogP contribution in [0.25, 0.3) is 88.0 Å². The molecule has 12 rings (SSSR count). The summed E-state index contributed by atoms with van der Waals surface area (Å²) in [5.41, 5.74) is 16.7. The predicted molar refractivity (Wildman–Crippen MR) is 242 cm³/mol. The van der Waals surface area contributed by atoms with E-state index in [1.165, 1.54) is 38.8 Å². The Kier molecular flexibility index (Phi) is 6.98. The fourth-order valence-electron chi connectivity index (χ4n) is 9.90. The molecule has 0 fully saturated rings. The van der Waals surface area contributed by atoms with Crippen LogP contribution in [-0.2, 0) is 5.41 Å². The molecular formula is C55H37NO2. The lowest BCUT2D eigenvalue weighted by molar-refractivity contribution is 0.662. The molecule has 0 amide bonds. The summed E-state index contributed by atoms with van der Waals surface area (Å²) in [6, 6.07) is 67.6. The van der Waals surface area contributed by atoms with Gasteiger partial charge in [-0.1, -0.05) is 153 Å². The first-order chi connectivity index (χ1) is 28.5. The van der Waals surface area contributed by atoms with E-state index in [2.05, 4.69) is 201 Å². The van der Waals surface area contributed by atoms with Crippen LogP contribution in [0.1, 0.15) is 25.0 Å². The third-order valence-corrected chi connectivity index (χ3v) is 12.5. The van der Waals surface area contributed by atoms with Crippen molar-refractivity contribution in [3.63, 3.8) is 0 Å². The van der Waals surface area contributed by atoms with Gasteiger partial charge in [-0.3, -0.25) is 0 Å². The first-order valence-electron chi connectivity index (χ1n) is 20.0. The maximum atomic E-state index is 6.69. The lowest BCUT2D eigenvalue weighted by atomic mass is 9.79. The van der Waals surface area contributed by atoms with Crippen molar-refractivity contribution in [2.75, 3.05) is 4.90 Å². The number of furan rings is 2. The second kappa shape index (κ2) is 12.3. The van der Waals surface area contributed by atoms with Crippen molar-refractivity contribution in [2.45, 2.75) is 19.3 Å². The molecule has 1 aliphatic rings. The smallest absolute Gasteiger partial charge is 0.143 e. The number of benzene rings is 9. The molecule has 11 aromatic rings. The van der Waals surface area contributed by atoms with Gasteiger partial charge in [0, 0.05) is 38.2 Å². The molecular weight excluding hydrogens is 707 g/mol. The van der Waals surface area contributed by atoms with Crippen LogP contribution in [0.2, 0.25) is 0 Å². The van der Waals surface area contributed by atoms with Gasteiger partial charge in [-0.25, -0.2) is 0 Å². The molecule has 0 saturated carbocycles. The van der Waals surface area contributed by atoms with Gasteiger partial charge in [0.15, 0.2) is 0 Å². The Labute approximate surface area is 336 Å². The van der Waals surface area contributed by atoms with Crippen LogP contribution in [0.4, 0.5) is 17.1 Å². The van der Waals surface area contributed by atoms with Crippen LogP contribution in [0.3, 0.4) is 0 Å². The van der Waals surface area contributed by atoms with Gasteiger partial charge in [-0.05, 0) is 92.9 Å². The van der Waals surface area contributed by atoms with Crippen LogP contribution < -0.4 is 4.90 Å². The van der Waals surface area contributed by atoms with Gasteiger partial charge in [0.2, 0.25) is 0 Å². The number of anilines is 3. The van der Waals surface area contributed by atoms with E-state index in [1.54, 1.807) is 0 Å². The maximum absolute atomic E-state index is 6.69. The summed E-state index contributed by atoms with van der Waals surface area (Å²) in [5.74, 6) is 0. The normalized spacial score (nSPS) is 13.1. The number of hydrogen-bond acceptors (Lipinski definition) is 3. The van der Waals surface area contributed by atoms with Crippen molar-refractivity contribution >= 4 is 71.7 Å². The molecule has 274 valence electrons. The van der Waals surface area contributed by atoms with E-state index in [0.29, 0.717) is 0 Å². The first-order valence-corrected chi connectivity index (χ1v) is 20.0. The zero-order valence-electron chi connectivity index (χ0n) is 32.2. The number of hydrogen-bond donors (Lipinski definition) is 0. The van der Waals surface area contributed by atoms with E-state index in [4.69, 9.17) is 8.83 Å². The fraction of sp³-hybridized carbons (Fsp3) is 0.0545. The highest BCUT2D eigenvalue weighted by molar-refractivity contribution is 6.20. The number of fused-ring (bicyclic) bond motifs is 11. The van der Waals surface area contributed by atoms with Crippen molar-refractivity contribution in [3.8, 4) is 33.4 Å². The molecule has 0 N–H and O–H groups in total. The lowest BCUT2D eigenvalue weighted by Gasteiger charge is -2.29. The van der Waals surface area contributed by atoms with Crippen molar-refractivity contribution < 1.29 is 8.83 Å². The van der Waals surface area contributed by atoms with Crippen molar-refractivity contribution in [1.29, 1.82) is 0 Å². The Hall–Kier alpha value is -7.36. The Balaban J connectivity index is 1.09. The minimum atomic E-state index is -0.116. The van der Waals surface area contributed by atoms with E-state index in [-0.39, 0.29) is 5.41 Å². The minimum absolute atomic E-state index is 0.116. The molecule has 0 aliphatic heterocycles. The van der Waals surface area contributed by atoms with Crippen LogP contribution in [-0.4, -0.2) is 0 Å². The van der Waals surface area contributed by atoms with Crippen LogP contribution in [0.15, 0.2) is 197 Å². The number of nitrogens with zero attached hydrogens (tertiary/aromatic N) is 1. The van der Waals surface area contributed by atoms with Gasteiger partial charge >= 0.3 is 0 Å². The van der Waals surface area contributed by atoms with Gasteiger partial charge in [0.25, 0.3) is 0 Å². The average Bonchev–Trinajstić information content (AvgIpc) is 3.93. The van der Waals surface area contributed by atoms with Crippen LogP contribution in [0.5, 0.6) is 0 Å².